The summed E-state index contributed by atoms with van der Waals surface area (Å²) in [5, 5.41) is 3.33. The lowest BCUT2D eigenvalue weighted by molar-refractivity contribution is 0.415. The molecule has 0 spiro atoms. The summed E-state index contributed by atoms with van der Waals surface area (Å²) < 4.78 is 7.39. The average molecular weight is 249 g/mol. The summed E-state index contributed by atoms with van der Waals surface area (Å²) in [7, 11) is 1.67. The van der Waals surface area contributed by atoms with Crippen molar-refractivity contribution < 1.29 is 4.74 Å². The van der Waals surface area contributed by atoms with Gasteiger partial charge >= 0.3 is 0 Å². The second kappa shape index (κ2) is 3.68. The predicted molar refractivity (Wildman–Crippen MR) is 74.6 cm³/mol. The number of fused-ring (bicyclic) bond motifs is 6. The molecule has 3 aromatic heterocycles. The average Bonchev–Trinajstić information content (AvgIpc) is 2.97. The summed E-state index contributed by atoms with van der Waals surface area (Å²) in [4.78, 5) is 8.69. The van der Waals surface area contributed by atoms with Gasteiger partial charge < -0.3 is 4.74 Å². The molecule has 0 bridgehead atoms. The molecule has 4 nitrogen and oxygen atoms in total. The van der Waals surface area contributed by atoms with Gasteiger partial charge in [0.15, 0.2) is 0 Å². The number of imidazole rings is 1. The fraction of sp³-hybridized carbons (Fsp3) is 0.0667. The molecule has 4 rings (SSSR count). The molecule has 0 amide bonds. The third kappa shape index (κ3) is 1.34. The van der Waals surface area contributed by atoms with Gasteiger partial charge in [0, 0.05) is 35.6 Å². The molecule has 4 aromatic rings. The number of ether oxygens (including phenoxy) is 1. The minimum atomic E-state index is 0.834. The Morgan fingerprint density at radius 1 is 1.05 bits per heavy atom. The summed E-state index contributed by atoms with van der Waals surface area (Å²) in [5.74, 6) is 0.834. The quantitative estimate of drug-likeness (QED) is 0.487. The highest BCUT2D eigenvalue weighted by molar-refractivity contribution is 6.11. The number of nitrogens with zero attached hydrogens (tertiary/aromatic N) is 3. The van der Waals surface area contributed by atoms with Gasteiger partial charge in [0.25, 0.3) is 0 Å². The van der Waals surface area contributed by atoms with Crippen molar-refractivity contribution in [3.05, 3.63) is 49.1 Å². The SMILES string of the molecule is COc1ccc2c3cnccc3n3ccnc3c2c1. The normalized spacial score (nSPS) is 11.4. The highest BCUT2D eigenvalue weighted by atomic mass is 16.5. The first kappa shape index (κ1) is 10.3. The van der Waals surface area contributed by atoms with Gasteiger partial charge in [0.05, 0.1) is 12.6 Å². The van der Waals surface area contributed by atoms with Crippen molar-refractivity contribution in [3.63, 3.8) is 0 Å². The Morgan fingerprint density at radius 2 is 2.00 bits per heavy atom. The largest absolute Gasteiger partial charge is 0.497 e. The van der Waals surface area contributed by atoms with E-state index in [0.29, 0.717) is 0 Å². The maximum absolute atomic E-state index is 5.31. The van der Waals surface area contributed by atoms with Crippen LogP contribution in [0, 0.1) is 0 Å². The summed E-state index contributed by atoms with van der Waals surface area (Å²) in [6.45, 7) is 0. The first-order valence-electron chi connectivity index (χ1n) is 6.05. The number of benzene rings is 1. The Kier molecular flexibility index (Phi) is 2.00. The van der Waals surface area contributed by atoms with E-state index in [2.05, 4.69) is 20.4 Å². The monoisotopic (exact) mass is 249 g/mol. The van der Waals surface area contributed by atoms with E-state index in [1.807, 2.05) is 36.8 Å². The second-order valence-electron chi connectivity index (χ2n) is 4.43. The highest BCUT2D eigenvalue weighted by Gasteiger charge is 2.09. The van der Waals surface area contributed by atoms with Crippen LogP contribution in [0.4, 0.5) is 0 Å². The highest BCUT2D eigenvalue weighted by Crippen LogP contribution is 2.30. The molecular weight excluding hydrogens is 238 g/mol. The third-order valence-electron chi connectivity index (χ3n) is 3.46. The van der Waals surface area contributed by atoms with Crippen LogP contribution in [0.25, 0.3) is 27.3 Å². The molecular formula is C15H11N3O. The molecule has 0 atom stereocenters. The minimum Gasteiger partial charge on any atom is -0.497 e. The van der Waals surface area contributed by atoms with Crippen LogP contribution in [0.15, 0.2) is 49.1 Å². The van der Waals surface area contributed by atoms with E-state index in [1.165, 1.54) is 0 Å². The lowest BCUT2D eigenvalue weighted by Crippen LogP contribution is -1.92. The maximum atomic E-state index is 5.31. The number of aromatic nitrogens is 3. The first-order chi connectivity index (χ1) is 9.38. The summed E-state index contributed by atoms with van der Waals surface area (Å²) in [5.41, 5.74) is 2.05. The number of hydrogen-bond donors (Lipinski definition) is 0. The summed E-state index contributed by atoms with van der Waals surface area (Å²) in [6.07, 6.45) is 7.48. The second-order valence-corrected chi connectivity index (χ2v) is 4.43. The topological polar surface area (TPSA) is 39.4 Å². The van der Waals surface area contributed by atoms with Crippen molar-refractivity contribution in [1.82, 2.24) is 14.4 Å². The first-order valence-corrected chi connectivity index (χ1v) is 6.05. The molecule has 0 saturated heterocycles. The zero-order chi connectivity index (χ0) is 12.8. The molecule has 4 heteroatoms. The Bertz CT molecular complexity index is 911. The van der Waals surface area contributed by atoms with Crippen molar-refractivity contribution in [2.45, 2.75) is 0 Å². The zero-order valence-corrected chi connectivity index (χ0v) is 10.4. The summed E-state index contributed by atoms with van der Waals surface area (Å²) in [6, 6.07) is 8.05. The molecule has 0 radical (unpaired) electrons. The predicted octanol–water partition coefficient (Wildman–Crippen LogP) is 3.04. The van der Waals surface area contributed by atoms with E-state index in [1.54, 1.807) is 13.3 Å². The molecule has 92 valence electrons. The van der Waals surface area contributed by atoms with Gasteiger partial charge in [0.1, 0.15) is 11.4 Å². The Morgan fingerprint density at radius 3 is 2.89 bits per heavy atom. The summed E-state index contributed by atoms with van der Waals surface area (Å²) >= 11 is 0. The van der Waals surface area contributed by atoms with Gasteiger partial charge in [-0.2, -0.15) is 0 Å². The van der Waals surface area contributed by atoms with Gasteiger partial charge in [-0.05, 0) is 29.7 Å². The van der Waals surface area contributed by atoms with Crippen molar-refractivity contribution >= 4 is 27.3 Å². The Labute approximate surface area is 109 Å². The standard InChI is InChI=1S/C15H11N3O/c1-19-10-2-3-11-12(8-10)15-17-6-7-18(15)14-4-5-16-9-13(11)14/h2-9H,1H3. The molecule has 19 heavy (non-hydrogen) atoms. The molecule has 0 aliphatic heterocycles. The van der Waals surface area contributed by atoms with Crippen molar-refractivity contribution in [2.24, 2.45) is 0 Å². The lowest BCUT2D eigenvalue weighted by Gasteiger charge is -2.08. The van der Waals surface area contributed by atoms with Gasteiger partial charge in [-0.25, -0.2) is 4.98 Å². The molecule has 1 aromatic carbocycles. The van der Waals surface area contributed by atoms with E-state index in [0.717, 1.165) is 33.1 Å². The van der Waals surface area contributed by atoms with Crippen molar-refractivity contribution in [1.29, 1.82) is 0 Å². The van der Waals surface area contributed by atoms with Gasteiger partial charge in [-0.15, -0.1) is 0 Å². The molecule has 3 heterocycles. The van der Waals surface area contributed by atoms with Crippen LogP contribution in [0.5, 0.6) is 5.75 Å². The van der Waals surface area contributed by atoms with E-state index in [-0.39, 0.29) is 0 Å². The number of methoxy groups -OCH3 is 1. The van der Waals surface area contributed by atoms with Crippen LogP contribution in [0.3, 0.4) is 0 Å². The number of hydrogen-bond acceptors (Lipinski definition) is 3. The fourth-order valence-electron chi connectivity index (χ4n) is 2.57. The van der Waals surface area contributed by atoms with Gasteiger partial charge in [-0.1, -0.05) is 0 Å². The van der Waals surface area contributed by atoms with Crippen molar-refractivity contribution in [3.8, 4) is 5.75 Å². The van der Waals surface area contributed by atoms with E-state index >= 15 is 0 Å². The maximum Gasteiger partial charge on any atom is 0.145 e. The van der Waals surface area contributed by atoms with Crippen LogP contribution < -0.4 is 4.74 Å². The molecule has 0 fully saturated rings. The van der Waals surface area contributed by atoms with Crippen LogP contribution in [-0.2, 0) is 0 Å². The van der Waals surface area contributed by atoms with Crippen LogP contribution in [0.2, 0.25) is 0 Å². The Balaban J connectivity index is 2.34. The van der Waals surface area contributed by atoms with E-state index in [9.17, 15) is 0 Å². The van der Waals surface area contributed by atoms with Crippen LogP contribution in [0.1, 0.15) is 0 Å². The van der Waals surface area contributed by atoms with Crippen LogP contribution >= 0.6 is 0 Å². The van der Waals surface area contributed by atoms with Gasteiger partial charge in [-0.3, -0.25) is 9.38 Å². The fourth-order valence-corrected chi connectivity index (χ4v) is 2.57. The van der Waals surface area contributed by atoms with Crippen molar-refractivity contribution in [2.75, 3.05) is 7.11 Å². The van der Waals surface area contributed by atoms with E-state index < -0.39 is 0 Å². The third-order valence-corrected chi connectivity index (χ3v) is 3.46. The molecule has 0 saturated carbocycles. The van der Waals surface area contributed by atoms with Gasteiger partial charge in [0.2, 0.25) is 0 Å². The Hall–Kier alpha value is -2.62. The number of rotatable bonds is 1. The van der Waals surface area contributed by atoms with E-state index in [4.69, 9.17) is 4.74 Å². The lowest BCUT2D eigenvalue weighted by atomic mass is 10.1. The molecule has 0 aliphatic carbocycles. The molecule has 0 aliphatic rings. The van der Waals surface area contributed by atoms with Crippen LogP contribution in [-0.4, -0.2) is 21.5 Å². The molecule has 0 unspecified atom stereocenters. The minimum absolute atomic E-state index is 0.834. The zero-order valence-electron chi connectivity index (χ0n) is 10.4. The number of pyridine rings is 2. The molecule has 0 N–H and O–H groups in total. The smallest absolute Gasteiger partial charge is 0.145 e.